The first-order valence-corrected chi connectivity index (χ1v) is 5.41. The zero-order valence-corrected chi connectivity index (χ0v) is 9.21. The number of rotatable bonds is 2. The molecule has 1 fully saturated rings. The molecular weight excluding hydrogens is 232 g/mol. The lowest BCUT2D eigenvalue weighted by Crippen LogP contribution is -2.36. The van der Waals surface area contributed by atoms with E-state index in [1.54, 1.807) is 6.20 Å². The molecule has 1 aromatic rings. The Labute approximate surface area is 85.9 Å². The van der Waals surface area contributed by atoms with Gasteiger partial charge in [-0.2, -0.15) is 5.10 Å². The smallest absolute Gasteiger partial charge is 0.107 e. The topological polar surface area (TPSA) is 38.0 Å². The molecule has 1 aliphatic carbocycles. The van der Waals surface area contributed by atoms with Crippen molar-refractivity contribution in [2.24, 2.45) is 0 Å². The first-order chi connectivity index (χ1) is 6.17. The molecule has 0 unspecified atom stereocenters. The van der Waals surface area contributed by atoms with Gasteiger partial charge in [-0.25, -0.2) is 0 Å². The van der Waals surface area contributed by atoms with Crippen molar-refractivity contribution in [1.29, 1.82) is 0 Å². The van der Waals surface area contributed by atoms with Gasteiger partial charge in [-0.1, -0.05) is 0 Å². The van der Waals surface area contributed by atoms with E-state index in [0.717, 1.165) is 36.0 Å². The van der Waals surface area contributed by atoms with Gasteiger partial charge in [0.15, 0.2) is 0 Å². The first-order valence-electron chi connectivity index (χ1n) is 4.61. The maximum Gasteiger partial charge on any atom is 0.107 e. The molecule has 13 heavy (non-hydrogen) atoms. The average molecular weight is 245 g/mol. The van der Waals surface area contributed by atoms with Crippen LogP contribution >= 0.6 is 15.9 Å². The Hall–Kier alpha value is -0.350. The van der Waals surface area contributed by atoms with Crippen molar-refractivity contribution in [3.05, 3.63) is 16.4 Å². The van der Waals surface area contributed by atoms with Crippen molar-refractivity contribution >= 4 is 15.9 Å². The van der Waals surface area contributed by atoms with Crippen molar-refractivity contribution in [1.82, 2.24) is 9.78 Å². The highest BCUT2D eigenvalue weighted by atomic mass is 79.9. The minimum absolute atomic E-state index is 0.620. The molecule has 0 spiro atoms. The fraction of sp³-hybridized carbons (Fsp3) is 0.667. The van der Waals surface area contributed by atoms with Gasteiger partial charge in [0.05, 0.1) is 16.4 Å². The van der Waals surface area contributed by atoms with E-state index in [4.69, 9.17) is 0 Å². The molecule has 0 atom stereocenters. The summed E-state index contributed by atoms with van der Waals surface area (Å²) in [5.41, 5.74) is 0.326. The monoisotopic (exact) mass is 244 g/mol. The lowest BCUT2D eigenvalue weighted by atomic mass is 9.78. The van der Waals surface area contributed by atoms with Gasteiger partial charge < -0.3 is 5.11 Å². The third-order valence-electron chi connectivity index (χ3n) is 2.72. The number of aryl methyl sites for hydroxylation is 1. The largest absolute Gasteiger partial charge is 0.384 e. The molecule has 0 amide bonds. The molecule has 0 aromatic carbocycles. The fourth-order valence-corrected chi connectivity index (χ4v) is 2.48. The van der Waals surface area contributed by atoms with E-state index in [1.807, 2.05) is 11.6 Å². The molecule has 1 aliphatic rings. The van der Waals surface area contributed by atoms with Crippen molar-refractivity contribution in [2.45, 2.75) is 38.3 Å². The molecule has 1 saturated carbocycles. The number of nitrogens with zero attached hydrogens (tertiary/aromatic N) is 2. The van der Waals surface area contributed by atoms with Crippen LogP contribution in [0.5, 0.6) is 0 Å². The Morgan fingerprint density at radius 2 is 2.38 bits per heavy atom. The second kappa shape index (κ2) is 3.10. The summed E-state index contributed by atoms with van der Waals surface area (Å²) in [7, 11) is 0. The summed E-state index contributed by atoms with van der Waals surface area (Å²) >= 11 is 3.43. The van der Waals surface area contributed by atoms with Crippen LogP contribution in [0.15, 0.2) is 10.7 Å². The number of aliphatic hydroxyl groups is 1. The quantitative estimate of drug-likeness (QED) is 0.865. The SMILES string of the molecule is CCn1ncc(Br)c1C1(O)CCC1. The van der Waals surface area contributed by atoms with Crippen LogP contribution in [-0.2, 0) is 12.1 Å². The molecule has 3 nitrogen and oxygen atoms in total. The molecule has 72 valence electrons. The van der Waals surface area contributed by atoms with Gasteiger partial charge in [0.2, 0.25) is 0 Å². The van der Waals surface area contributed by atoms with Crippen LogP contribution in [0.3, 0.4) is 0 Å². The van der Waals surface area contributed by atoms with Crippen LogP contribution in [0.1, 0.15) is 31.9 Å². The molecule has 4 heteroatoms. The number of aromatic nitrogens is 2. The van der Waals surface area contributed by atoms with Crippen molar-refractivity contribution < 1.29 is 5.11 Å². The fourth-order valence-electron chi connectivity index (χ4n) is 1.81. The van der Waals surface area contributed by atoms with E-state index in [-0.39, 0.29) is 0 Å². The van der Waals surface area contributed by atoms with Crippen LogP contribution in [0.25, 0.3) is 0 Å². The second-order valence-electron chi connectivity index (χ2n) is 3.54. The van der Waals surface area contributed by atoms with Gasteiger partial charge in [0.1, 0.15) is 5.60 Å². The third-order valence-corrected chi connectivity index (χ3v) is 3.30. The van der Waals surface area contributed by atoms with Crippen LogP contribution < -0.4 is 0 Å². The maximum atomic E-state index is 10.2. The van der Waals surface area contributed by atoms with E-state index < -0.39 is 5.60 Å². The van der Waals surface area contributed by atoms with E-state index in [2.05, 4.69) is 21.0 Å². The molecule has 1 aromatic heterocycles. The van der Waals surface area contributed by atoms with E-state index in [1.165, 1.54) is 0 Å². The van der Waals surface area contributed by atoms with E-state index in [0.29, 0.717) is 0 Å². The van der Waals surface area contributed by atoms with Gasteiger partial charge in [-0.15, -0.1) is 0 Å². The maximum absolute atomic E-state index is 10.2. The van der Waals surface area contributed by atoms with Crippen molar-refractivity contribution in [2.75, 3.05) is 0 Å². The predicted molar refractivity (Wildman–Crippen MR) is 53.3 cm³/mol. The van der Waals surface area contributed by atoms with Gasteiger partial charge >= 0.3 is 0 Å². The predicted octanol–water partition coefficient (Wildman–Crippen LogP) is 2.04. The molecule has 2 rings (SSSR count). The Kier molecular flexibility index (Phi) is 2.20. The average Bonchev–Trinajstić information content (AvgIpc) is 2.43. The lowest BCUT2D eigenvalue weighted by Gasteiger charge is -2.37. The van der Waals surface area contributed by atoms with Gasteiger partial charge in [-0.05, 0) is 42.1 Å². The Morgan fingerprint density at radius 3 is 2.85 bits per heavy atom. The summed E-state index contributed by atoms with van der Waals surface area (Å²) in [6.07, 6.45) is 4.58. The number of halogens is 1. The Morgan fingerprint density at radius 1 is 1.69 bits per heavy atom. The molecule has 0 saturated heterocycles. The minimum atomic E-state index is -0.620. The molecule has 0 radical (unpaired) electrons. The zero-order chi connectivity index (χ0) is 9.47. The highest BCUT2D eigenvalue weighted by molar-refractivity contribution is 9.10. The van der Waals surface area contributed by atoms with E-state index >= 15 is 0 Å². The van der Waals surface area contributed by atoms with Gasteiger partial charge in [0, 0.05) is 6.54 Å². The van der Waals surface area contributed by atoms with E-state index in [9.17, 15) is 5.11 Å². The molecule has 1 N–H and O–H groups in total. The minimum Gasteiger partial charge on any atom is -0.384 e. The zero-order valence-electron chi connectivity index (χ0n) is 7.63. The van der Waals surface area contributed by atoms with Crippen LogP contribution in [0, 0.1) is 0 Å². The lowest BCUT2D eigenvalue weighted by molar-refractivity contribution is -0.0469. The highest BCUT2D eigenvalue weighted by Crippen LogP contribution is 2.43. The molecular formula is C9H13BrN2O. The van der Waals surface area contributed by atoms with Gasteiger partial charge in [0.25, 0.3) is 0 Å². The molecule has 0 bridgehead atoms. The molecule has 0 aliphatic heterocycles. The summed E-state index contributed by atoms with van der Waals surface area (Å²) in [5, 5.41) is 14.4. The highest BCUT2D eigenvalue weighted by Gasteiger charge is 2.40. The summed E-state index contributed by atoms with van der Waals surface area (Å²) in [4.78, 5) is 0. The van der Waals surface area contributed by atoms with Crippen LogP contribution in [0.4, 0.5) is 0 Å². The standard InChI is InChI=1S/C9H13BrN2O/c1-2-12-8(7(10)6-11-12)9(13)4-3-5-9/h6,13H,2-5H2,1H3. The van der Waals surface area contributed by atoms with Crippen molar-refractivity contribution in [3.8, 4) is 0 Å². The number of hydrogen-bond donors (Lipinski definition) is 1. The first kappa shape index (κ1) is 9.21. The third kappa shape index (κ3) is 1.32. The Balaban J connectivity index is 2.42. The summed E-state index contributed by atoms with van der Waals surface area (Å²) in [6, 6.07) is 0. The summed E-state index contributed by atoms with van der Waals surface area (Å²) in [6.45, 7) is 2.84. The van der Waals surface area contributed by atoms with Gasteiger partial charge in [-0.3, -0.25) is 4.68 Å². The van der Waals surface area contributed by atoms with Crippen LogP contribution in [-0.4, -0.2) is 14.9 Å². The summed E-state index contributed by atoms with van der Waals surface area (Å²) < 4.78 is 2.79. The molecule has 1 heterocycles. The second-order valence-corrected chi connectivity index (χ2v) is 4.40. The Bertz CT molecular complexity index is 317. The van der Waals surface area contributed by atoms with Crippen LogP contribution in [0.2, 0.25) is 0 Å². The number of hydrogen-bond acceptors (Lipinski definition) is 2. The summed E-state index contributed by atoms with van der Waals surface area (Å²) in [5.74, 6) is 0. The van der Waals surface area contributed by atoms with Crippen molar-refractivity contribution in [3.63, 3.8) is 0 Å². The normalized spacial score (nSPS) is 19.9.